The minimum atomic E-state index is -0.149. The number of nitrogens with one attached hydrogen (secondary N) is 2. The van der Waals surface area contributed by atoms with Gasteiger partial charge in [0.1, 0.15) is 0 Å². The van der Waals surface area contributed by atoms with E-state index in [1.807, 2.05) is 6.92 Å². The van der Waals surface area contributed by atoms with E-state index in [9.17, 15) is 4.79 Å². The monoisotopic (exact) mass is 193 g/mol. The second-order valence-electron chi connectivity index (χ2n) is 2.97. The van der Waals surface area contributed by atoms with Gasteiger partial charge in [-0.3, -0.25) is 9.89 Å². The van der Waals surface area contributed by atoms with E-state index in [0.717, 1.165) is 6.54 Å². The molecule has 6 nitrogen and oxygen atoms in total. The van der Waals surface area contributed by atoms with Crippen molar-refractivity contribution in [3.63, 3.8) is 0 Å². The standard InChI is InChI=1S/C8H11N5O/c1-3-9-7-11-8-10-5(2)4-6(14)13(8)12-7/h4H,3H2,1-2H3,(H2,9,10,11,12). The quantitative estimate of drug-likeness (QED) is 0.712. The van der Waals surface area contributed by atoms with Gasteiger partial charge in [-0.1, -0.05) is 0 Å². The van der Waals surface area contributed by atoms with E-state index in [-0.39, 0.29) is 5.56 Å². The van der Waals surface area contributed by atoms with E-state index in [1.165, 1.54) is 10.6 Å². The normalized spacial score (nSPS) is 10.7. The minimum absolute atomic E-state index is 0.149. The van der Waals surface area contributed by atoms with Crippen LogP contribution in [0.3, 0.4) is 0 Å². The molecule has 0 aliphatic rings. The fraction of sp³-hybridized carbons (Fsp3) is 0.375. The molecular formula is C8H11N5O. The summed E-state index contributed by atoms with van der Waals surface area (Å²) in [6.45, 7) is 4.46. The van der Waals surface area contributed by atoms with Crippen molar-refractivity contribution in [1.29, 1.82) is 0 Å². The van der Waals surface area contributed by atoms with Crippen molar-refractivity contribution in [3.05, 3.63) is 22.1 Å². The average Bonchev–Trinajstić information content (AvgIpc) is 2.48. The summed E-state index contributed by atoms with van der Waals surface area (Å²) in [5.74, 6) is 0.952. The lowest BCUT2D eigenvalue weighted by molar-refractivity contribution is 0.888. The zero-order chi connectivity index (χ0) is 10.1. The summed E-state index contributed by atoms with van der Waals surface area (Å²) in [5, 5.41) is 5.79. The largest absolute Gasteiger partial charge is 0.355 e. The molecule has 74 valence electrons. The van der Waals surface area contributed by atoms with Crippen LogP contribution in [0.25, 0.3) is 5.78 Å². The lowest BCUT2D eigenvalue weighted by Crippen LogP contribution is -2.14. The van der Waals surface area contributed by atoms with Crippen molar-refractivity contribution in [2.75, 3.05) is 11.9 Å². The molecule has 2 aromatic rings. The molecule has 6 heteroatoms. The summed E-state index contributed by atoms with van der Waals surface area (Å²) >= 11 is 0. The van der Waals surface area contributed by atoms with Crippen LogP contribution in [-0.4, -0.2) is 26.1 Å². The van der Waals surface area contributed by atoms with Gasteiger partial charge in [-0.15, -0.1) is 0 Å². The maximum atomic E-state index is 11.4. The molecule has 0 saturated heterocycles. The summed E-state index contributed by atoms with van der Waals surface area (Å²) in [6.07, 6.45) is 0. The van der Waals surface area contributed by atoms with Gasteiger partial charge >= 0.3 is 0 Å². The Balaban J connectivity index is 2.65. The van der Waals surface area contributed by atoms with Gasteiger partial charge in [0, 0.05) is 18.3 Å². The molecule has 2 N–H and O–H groups in total. The molecule has 0 radical (unpaired) electrons. The first kappa shape index (κ1) is 8.74. The van der Waals surface area contributed by atoms with Crippen LogP contribution in [0.4, 0.5) is 5.95 Å². The third kappa shape index (κ3) is 1.34. The zero-order valence-electron chi connectivity index (χ0n) is 8.03. The Bertz CT molecular complexity index is 512. The summed E-state index contributed by atoms with van der Waals surface area (Å²) in [4.78, 5) is 19.7. The maximum Gasteiger partial charge on any atom is 0.274 e. The van der Waals surface area contributed by atoms with Crippen molar-refractivity contribution in [3.8, 4) is 0 Å². The molecule has 0 spiro atoms. The summed E-state index contributed by atoms with van der Waals surface area (Å²) in [5.41, 5.74) is 0.522. The van der Waals surface area contributed by atoms with Crippen LogP contribution < -0.4 is 10.9 Å². The highest BCUT2D eigenvalue weighted by atomic mass is 16.1. The summed E-state index contributed by atoms with van der Waals surface area (Å²) in [7, 11) is 0. The highest BCUT2D eigenvalue weighted by Crippen LogP contribution is 2.00. The molecule has 0 aromatic carbocycles. The Morgan fingerprint density at radius 2 is 2.36 bits per heavy atom. The van der Waals surface area contributed by atoms with Crippen molar-refractivity contribution in [2.45, 2.75) is 13.8 Å². The molecule has 0 bridgehead atoms. The Kier molecular flexibility index (Phi) is 1.95. The van der Waals surface area contributed by atoms with Crippen molar-refractivity contribution in [2.24, 2.45) is 0 Å². The third-order valence-electron chi connectivity index (χ3n) is 1.80. The first-order valence-electron chi connectivity index (χ1n) is 4.41. The Morgan fingerprint density at radius 1 is 1.57 bits per heavy atom. The number of fused-ring (bicyclic) bond motifs is 1. The third-order valence-corrected chi connectivity index (χ3v) is 1.80. The van der Waals surface area contributed by atoms with Crippen LogP contribution >= 0.6 is 0 Å². The van der Waals surface area contributed by atoms with Crippen molar-refractivity contribution >= 4 is 11.7 Å². The number of aromatic nitrogens is 4. The Labute approximate surface area is 80.0 Å². The number of rotatable bonds is 2. The van der Waals surface area contributed by atoms with E-state index in [1.54, 1.807) is 6.92 Å². The van der Waals surface area contributed by atoms with Crippen LogP contribution in [0.15, 0.2) is 10.9 Å². The molecule has 2 aromatic heterocycles. The number of H-pyrrole nitrogens is 1. The molecule has 0 fully saturated rings. The average molecular weight is 193 g/mol. The fourth-order valence-corrected chi connectivity index (χ4v) is 1.24. The van der Waals surface area contributed by atoms with Gasteiger partial charge in [0.05, 0.1) is 0 Å². The Hall–Kier alpha value is -1.85. The molecule has 0 saturated carbocycles. The van der Waals surface area contributed by atoms with E-state index < -0.39 is 0 Å². The molecule has 2 heterocycles. The van der Waals surface area contributed by atoms with Gasteiger partial charge < -0.3 is 5.32 Å². The second kappa shape index (κ2) is 3.13. The minimum Gasteiger partial charge on any atom is -0.355 e. The predicted octanol–water partition coefficient (Wildman–Crippen LogP) is 0.158. The highest BCUT2D eigenvalue weighted by molar-refractivity contribution is 5.36. The molecule has 0 aliphatic carbocycles. The van der Waals surface area contributed by atoms with Gasteiger partial charge in [-0.05, 0) is 13.8 Å². The van der Waals surface area contributed by atoms with E-state index in [2.05, 4.69) is 20.4 Å². The van der Waals surface area contributed by atoms with Crippen molar-refractivity contribution in [1.82, 2.24) is 19.6 Å². The first-order valence-corrected chi connectivity index (χ1v) is 4.41. The number of anilines is 1. The number of hydrogen-bond acceptors (Lipinski definition) is 4. The van der Waals surface area contributed by atoms with Crippen LogP contribution in [0.2, 0.25) is 0 Å². The molecule has 0 aliphatic heterocycles. The van der Waals surface area contributed by atoms with Crippen LogP contribution in [0.1, 0.15) is 12.6 Å². The van der Waals surface area contributed by atoms with Crippen LogP contribution in [0.5, 0.6) is 0 Å². The van der Waals surface area contributed by atoms with Gasteiger partial charge in [0.25, 0.3) is 11.3 Å². The van der Waals surface area contributed by atoms with E-state index >= 15 is 0 Å². The predicted molar refractivity (Wildman–Crippen MR) is 52.5 cm³/mol. The number of nitrogens with zero attached hydrogens (tertiary/aromatic N) is 3. The molecule has 2 rings (SSSR count). The fourth-order valence-electron chi connectivity index (χ4n) is 1.24. The second-order valence-corrected chi connectivity index (χ2v) is 2.97. The maximum absolute atomic E-state index is 11.4. The lowest BCUT2D eigenvalue weighted by Gasteiger charge is -1.92. The van der Waals surface area contributed by atoms with Gasteiger partial charge in [-0.2, -0.15) is 9.50 Å². The summed E-state index contributed by atoms with van der Waals surface area (Å²) < 4.78 is 1.31. The van der Waals surface area contributed by atoms with Crippen molar-refractivity contribution < 1.29 is 0 Å². The van der Waals surface area contributed by atoms with Gasteiger partial charge in [0.15, 0.2) is 0 Å². The molecular weight excluding hydrogens is 182 g/mol. The molecule has 14 heavy (non-hydrogen) atoms. The zero-order valence-corrected chi connectivity index (χ0v) is 8.03. The molecule has 0 unspecified atom stereocenters. The van der Waals surface area contributed by atoms with Gasteiger partial charge in [-0.25, -0.2) is 4.98 Å². The van der Waals surface area contributed by atoms with E-state index in [4.69, 9.17) is 0 Å². The highest BCUT2D eigenvalue weighted by Gasteiger charge is 2.04. The van der Waals surface area contributed by atoms with E-state index in [0.29, 0.717) is 17.4 Å². The van der Waals surface area contributed by atoms with Crippen LogP contribution in [-0.2, 0) is 0 Å². The first-order chi connectivity index (χ1) is 6.70. The number of aromatic amines is 1. The Morgan fingerprint density at radius 3 is 3.07 bits per heavy atom. The topological polar surface area (TPSA) is 75.1 Å². The SMILES string of the molecule is CCNc1nc2nc(C)cc(=O)n2[nH]1. The molecule has 0 amide bonds. The molecule has 0 atom stereocenters. The van der Waals surface area contributed by atoms with Gasteiger partial charge in [0.2, 0.25) is 5.95 Å². The number of aryl methyl sites for hydroxylation is 1. The smallest absolute Gasteiger partial charge is 0.274 e. The van der Waals surface area contributed by atoms with Crippen LogP contribution in [0, 0.1) is 6.92 Å². The summed E-state index contributed by atoms with van der Waals surface area (Å²) in [6, 6.07) is 1.46. The number of hydrogen-bond donors (Lipinski definition) is 2. The lowest BCUT2D eigenvalue weighted by atomic mass is 10.5.